The summed E-state index contributed by atoms with van der Waals surface area (Å²) in [5.74, 6) is 0.295. The third-order valence-corrected chi connectivity index (χ3v) is 6.29. The van der Waals surface area contributed by atoms with Crippen LogP contribution in [0.2, 0.25) is 0 Å². The average Bonchev–Trinajstić information content (AvgIpc) is 2.74. The number of para-hydroxylation sites is 2. The van der Waals surface area contributed by atoms with Crippen molar-refractivity contribution in [1.29, 1.82) is 0 Å². The van der Waals surface area contributed by atoms with Crippen molar-refractivity contribution in [3.05, 3.63) is 64.4 Å². The number of benzene rings is 2. The number of aromatic nitrogens is 2. The summed E-state index contributed by atoms with van der Waals surface area (Å²) in [7, 11) is 0. The first-order valence-corrected chi connectivity index (χ1v) is 11.3. The Morgan fingerprint density at radius 3 is 2.33 bits per heavy atom. The van der Waals surface area contributed by atoms with E-state index in [1.807, 2.05) is 68.1 Å². The number of thioether (sulfide) groups is 1. The minimum Gasteiger partial charge on any atom is -0.342 e. The molecule has 1 amide bonds. The molecule has 1 atom stereocenters. The molecule has 0 fully saturated rings. The summed E-state index contributed by atoms with van der Waals surface area (Å²) >= 11 is 1.34. The summed E-state index contributed by atoms with van der Waals surface area (Å²) in [5, 5.41) is 0.762. The Morgan fingerprint density at radius 1 is 1.03 bits per heavy atom. The Balaban J connectivity index is 2.20. The van der Waals surface area contributed by atoms with Crippen LogP contribution in [0.3, 0.4) is 0 Å². The van der Waals surface area contributed by atoms with E-state index in [2.05, 4.69) is 13.8 Å². The van der Waals surface area contributed by atoms with Crippen molar-refractivity contribution >= 4 is 28.6 Å². The van der Waals surface area contributed by atoms with Crippen molar-refractivity contribution in [3.63, 3.8) is 0 Å². The van der Waals surface area contributed by atoms with Gasteiger partial charge in [-0.15, -0.1) is 0 Å². The molecule has 5 nitrogen and oxygen atoms in total. The first kappa shape index (κ1) is 22.1. The van der Waals surface area contributed by atoms with E-state index >= 15 is 0 Å². The van der Waals surface area contributed by atoms with Crippen LogP contribution < -0.4 is 5.56 Å². The maximum absolute atomic E-state index is 13.5. The molecule has 158 valence electrons. The quantitative estimate of drug-likeness (QED) is 0.402. The van der Waals surface area contributed by atoms with Crippen molar-refractivity contribution in [2.75, 3.05) is 13.1 Å². The highest BCUT2D eigenvalue weighted by molar-refractivity contribution is 8.00. The summed E-state index contributed by atoms with van der Waals surface area (Å²) < 4.78 is 1.67. The van der Waals surface area contributed by atoms with Gasteiger partial charge in [-0.2, -0.15) is 0 Å². The van der Waals surface area contributed by atoms with Gasteiger partial charge in [-0.25, -0.2) is 4.98 Å². The Morgan fingerprint density at radius 2 is 1.67 bits per heavy atom. The van der Waals surface area contributed by atoms with Crippen molar-refractivity contribution < 1.29 is 4.79 Å². The molecule has 0 aliphatic heterocycles. The molecule has 0 saturated carbocycles. The Bertz CT molecular complexity index is 1100. The first-order chi connectivity index (χ1) is 14.4. The molecule has 0 saturated heterocycles. The van der Waals surface area contributed by atoms with Crippen LogP contribution in [0.4, 0.5) is 0 Å². The highest BCUT2D eigenvalue weighted by Crippen LogP contribution is 2.29. The molecule has 6 heteroatoms. The predicted octanol–water partition coefficient (Wildman–Crippen LogP) is 4.86. The van der Waals surface area contributed by atoms with Gasteiger partial charge in [0.1, 0.15) is 0 Å². The van der Waals surface area contributed by atoms with Gasteiger partial charge in [-0.3, -0.25) is 14.2 Å². The molecule has 3 aromatic rings. The van der Waals surface area contributed by atoms with Gasteiger partial charge in [0.15, 0.2) is 5.16 Å². The van der Waals surface area contributed by atoms with Crippen LogP contribution >= 0.6 is 11.8 Å². The molecule has 0 aliphatic rings. The predicted molar refractivity (Wildman–Crippen MR) is 125 cm³/mol. The molecule has 30 heavy (non-hydrogen) atoms. The van der Waals surface area contributed by atoms with Gasteiger partial charge in [0, 0.05) is 13.1 Å². The summed E-state index contributed by atoms with van der Waals surface area (Å²) in [4.78, 5) is 33.0. The van der Waals surface area contributed by atoms with E-state index in [0.29, 0.717) is 29.1 Å². The number of hydrogen-bond acceptors (Lipinski definition) is 4. The molecule has 1 unspecified atom stereocenters. The lowest BCUT2D eigenvalue weighted by molar-refractivity contribution is -0.129. The maximum Gasteiger partial charge on any atom is 0.266 e. The van der Waals surface area contributed by atoms with Gasteiger partial charge < -0.3 is 4.90 Å². The van der Waals surface area contributed by atoms with Gasteiger partial charge >= 0.3 is 0 Å². The van der Waals surface area contributed by atoms with Crippen LogP contribution in [0.5, 0.6) is 0 Å². The van der Waals surface area contributed by atoms with Gasteiger partial charge in [0.25, 0.3) is 5.56 Å². The molecule has 1 heterocycles. The van der Waals surface area contributed by atoms with Crippen molar-refractivity contribution in [3.8, 4) is 5.69 Å². The highest BCUT2D eigenvalue weighted by atomic mass is 32.2. The van der Waals surface area contributed by atoms with Crippen LogP contribution in [0.1, 0.15) is 46.1 Å². The number of carbonyl (C=O) groups is 1. The fourth-order valence-electron chi connectivity index (χ4n) is 3.58. The molecule has 0 bridgehead atoms. The lowest BCUT2D eigenvalue weighted by Gasteiger charge is -2.24. The second-order valence-corrected chi connectivity index (χ2v) is 8.84. The summed E-state index contributed by atoms with van der Waals surface area (Å²) in [6.45, 7) is 11.4. The van der Waals surface area contributed by atoms with Crippen molar-refractivity contribution in [2.45, 2.75) is 50.9 Å². The fraction of sp³-hybridized carbons (Fsp3) is 0.375. The van der Waals surface area contributed by atoms with Gasteiger partial charge in [-0.1, -0.05) is 55.9 Å². The number of nitrogens with zero attached hydrogens (tertiary/aromatic N) is 3. The van der Waals surface area contributed by atoms with E-state index in [-0.39, 0.29) is 22.6 Å². The second-order valence-electron chi connectivity index (χ2n) is 7.54. The topological polar surface area (TPSA) is 55.2 Å². The Hall–Kier alpha value is -2.60. The molecule has 0 N–H and O–H groups in total. The largest absolute Gasteiger partial charge is 0.342 e. The van der Waals surface area contributed by atoms with E-state index in [1.54, 1.807) is 10.6 Å². The second kappa shape index (κ2) is 9.47. The summed E-state index contributed by atoms with van der Waals surface area (Å²) in [5.41, 5.74) is 2.42. The third kappa shape index (κ3) is 4.29. The molecule has 3 rings (SSSR count). The third-order valence-electron chi connectivity index (χ3n) is 5.25. The monoisotopic (exact) mass is 423 g/mol. The van der Waals surface area contributed by atoms with Gasteiger partial charge in [0.2, 0.25) is 5.91 Å². The van der Waals surface area contributed by atoms with Crippen LogP contribution in [-0.2, 0) is 4.79 Å². The number of amides is 1. The molecule has 1 aromatic heterocycles. The molecule has 2 aromatic carbocycles. The number of hydrogen-bond donors (Lipinski definition) is 0. The first-order valence-electron chi connectivity index (χ1n) is 10.5. The Labute approximate surface area is 182 Å². The van der Waals surface area contributed by atoms with Gasteiger partial charge in [-0.05, 0) is 50.5 Å². The minimum absolute atomic E-state index is 0.0519. The Kier molecular flexibility index (Phi) is 6.98. The zero-order valence-corrected chi connectivity index (χ0v) is 19.1. The standard InChI is InChI=1S/C24H29N3O2S/c1-6-26(7-2)22(28)17(5)30-24-25-20-14-10-8-13-19(20)23(29)27(24)21-15-11-9-12-18(21)16(3)4/h8-17H,6-7H2,1-5H3. The zero-order valence-electron chi connectivity index (χ0n) is 18.3. The SMILES string of the molecule is CCN(CC)C(=O)C(C)Sc1nc2ccccc2c(=O)n1-c1ccccc1C(C)C. The van der Waals surface area contributed by atoms with E-state index < -0.39 is 0 Å². The van der Waals surface area contributed by atoms with Gasteiger partial charge in [0.05, 0.1) is 21.8 Å². The summed E-state index contributed by atoms with van der Waals surface area (Å²) in [6, 6.07) is 15.3. The smallest absolute Gasteiger partial charge is 0.266 e. The van der Waals surface area contributed by atoms with Crippen LogP contribution in [0.25, 0.3) is 16.6 Å². The van der Waals surface area contributed by atoms with Crippen molar-refractivity contribution in [1.82, 2.24) is 14.5 Å². The molecule has 0 radical (unpaired) electrons. The molecule has 0 spiro atoms. The van der Waals surface area contributed by atoms with E-state index in [4.69, 9.17) is 4.98 Å². The van der Waals surface area contributed by atoms with E-state index in [9.17, 15) is 9.59 Å². The highest BCUT2D eigenvalue weighted by Gasteiger charge is 2.24. The van der Waals surface area contributed by atoms with Crippen molar-refractivity contribution in [2.24, 2.45) is 0 Å². The van der Waals surface area contributed by atoms with E-state index in [1.165, 1.54) is 11.8 Å². The van der Waals surface area contributed by atoms with Crippen LogP contribution in [-0.4, -0.2) is 38.7 Å². The number of carbonyl (C=O) groups excluding carboxylic acids is 1. The zero-order chi connectivity index (χ0) is 21.8. The molecular weight excluding hydrogens is 394 g/mol. The average molecular weight is 424 g/mol. The normalized spacial score (nSPS) is 12.3. The van der Waals surface area contributed by atoms with Crippen LogP contribution in [0.15, 0.2) is 58.5 Å². The fourth-order valence-corrected chi connectivity index (χ4v) is 4.59. The van der Waals surface area contributed by atoms with Crippen LogP contribution in [0, 0.1) is 0 Å². The maximum atomic E-state index is 13.5. The molecule has 0 aliphatic carbocycles. The number of fused-ring (bicyclic) bond motifs is 1. The van der Waals surface area contributed by atoms with E-state index in [0.717, 1.165) is 11.3 Å². The molecular formula is C24H29N3O2S. The lowest BCUT2D eigenvalue weighted by Crippen LogP contribution is -2.36. The minimum atomic E-state index is -0.351. The lowest BCUT2D eigenvalue weighted by atomic mass is 10.0. The summed E-state index contributed by atoms with van der Waals surface area (Å²) in [6.07, 6.45) is 0. The number of rotatable bonds is 7.